The molecule has 4 nitrogen and oxygen atoms in total. The van der Waals surface area contributed by atoms with E-state index in [1.54, 1.807) is 25.3 Å². The van der Waals surface area contributed by atoms with Crippen LogP contribution in [0, 0.1) is 5.92 Å². The molecule has 6 heteroatoms. The summed E-state index contributed by atoms with van der Waals surface area (Å²) in [6.07, 6.45) is 0.363. The Bertz CT molecular complexity index is 480. The molecule has 19 heavy (non-hydrogen) atoms. The molecule has 0 spiro atoms. The summed E-state index contributed by atoms with van der Waals surface area (Å²) >= 11 is 10.9. The molecular formula is C13H17ClN2O2S. The van der Waals surface area contributed by atoms with Gasteiger partial charge in [-0.25, -0.2) is 0 Å². The zero-order valence-corrected chi connectivity index (χ0v) is 12.5. The number of halogens is 1. The Morgan fingerprint density at radius 1 is 1.58 bits per heavy atom. The lowest BCUT2D eigenvalue weighted by Crippen LogP contribution is -2.18. The Hall–Kier alpha value is -1.17. The predicted molar refractivity (Wildman–Crippen MR) is 81.6 cm³/mol. The van der Waals surface area contributed by atoms with E-state index in [4.69, 9.17) is 34.3 Å². The largest absolute Gasteiger partial charge is 0.389 e. The van der Waals surface area contributed by atoms with E-state index in [1.807, 2.05) is 6.92 Å². The van der Waals surface area contributed by atoms with Crippen molar-refractivity contribution in [1.82, 2.24) is 0 Å². The lowest BCUT2D eigenvalue weighted by Gasteiger charge is -2.12. The summed E-state index contributed by atoms with van der Waals surface area (Å²) in [6, 6.07) is 5.04. The van der Waals surface area contributed by atoms with Crippen molar-refractivity contribution in [3.05, 3.63) is 28.8 Å². The molecule has 1 amide bonds. The number of carbonyl (C=O) groups is 1. The second kappa shape index (κ2) is 7.43. The molecule has 0 bridgehead atoms. The third kappa shape index (κ3) is 5.14. The fraction of sp³-hybridized carbons (Fsp3) is 0.385. The van der Waals surface area contributed by atoms with Crippen LogP contribution in [0.2, 0.25) is 5.02 Å². The maximum Gasteiger partial charge on any atom is 0.224 e. The minimum Gasteiger partial charge on any atom is -0.389 e. The molecule has 1 rings (SSSR count). The molecule has 3 N–H and O–H groups in total. The van der Waals surface area contributed by atoms with Crippen LogP contribution in [-0.2, 0) is 9.53 Å². The smallest absolute Gasteiger partial charge is 0.224 e. The number of rotatable bonds is 6. The van der Waals surface area contributed by atoms with Gasteiger partial charge in [0, 0.05) is 25.7 Å². The molecule has 0 radical (unpaired) electrons. The summed E-state index contributed by atoms with van der Waals surface area (Å²) in [5.74, 6) is 0.0223. The lowest BCUT2D eigenvalue weighted by atomic mass is 10.1. The number of benzene rings is 1. The van der Waals surface area contributed by atoms with Crippen molar-refractivity contribution in [2.24, 2.45) is 11.7 Å². The van der Waals surface area contributed by atoms with E-state index in [-0.39, 0.29) is 16.8 Å². The Kier molecular flexibility index (Phi) is 6.21. The number of hydrogen-bond acceptors (Lipinski definition) is 3. The molecule has 0 fully saturated rings. The van der Waals surface area contributed by atoms with Crippen molar-refractivity contribution in [2.75, 3.05) is 19.0 Å². The van der Waals surface area contributed by atoms with Crippen LogP contribution in [0.15, 0.2) is 18.2 Å². The standard InChI is InChI=1S/C13H17ClN2O2S/c1-8(7-18-2)5-12(17)16-11-6-9(13(15)19)3-4-10(11)14/h3-4,6,8H,5,7H2,1-2H3,(H2,15,19)(H,16,17). The first-order valence-electron chi connectivity index (χ1n) is 5.82. The first-order valence-corrected chi connectivity index (χ1v) is 6.60. The fourth-order valence-electron chi connectivity index (χ4n) is 1.64. The van der Waals surface area contributed by atoms with Crippen LogP contribution in [0.3, 0.4) is 0 Å². The highest BCUT2D eigenvalue weighted by molar-refractivity contribution is 7.80. The summed E-state index contributed by atoms with van der Waals surface area (Å²) in [6.45, 7) is 2.48. The molecule has 0 saturated heterocycles. The van der Waals surface area contributed by atoms with Crippen LogP contribution in [0.4, 0.5) is 5.69 Å². The minimum atomic E-state index is -0.119. The van der Waals surface area contributed by atoms with Gasteiger partial charge in [-0.1, -0.05) is 36.8 Å². The molecule has 0 aromatic heterocycles. The Morgan fingerprint density at radius 3 is 2.84 bits per heavy atom. The molecule has 104 valence electrons. The van der Waals surface area contributed by atoms with Gasteiger partial charge in [0.25, 0.3) is 0 Å². The number of carbonyl (C=O) groups excluding carboxylic acids is 1. The number of nitrogens with two attached hydrogens (primary N) is 1. The van der Waals surface area contributed by atoms with Gasteiger partial charge in [0.15, 0.2) is 0 Å². The van der Waals surface area contributed by atoms with E-state index in [2.05, 4.69) is 5.32 Å². The zero-order valence-electron chi connectivity index (χ0n) is 10.9. The number of nitrogens with one attached hydrogen (secondary N) is 1. The Morgan fingerprint density at radius 2 is 2.26 bits per heavy atom. The van der Waals surface area contributed by atoms with Crippen LogP contribution in [0.5, 0.6) is 0 Å². The molecule has 1 unspecified atom stereocenters. The number of methoxy groups -OCH3 is 1. The van der Waals surface area contributed by atoms with E-state index >= 15 is 0 Å². The van der Waals surface area contributed by atoms with Crippen molar-refractivity contribution in [1.29, 1.82) is 0 Å². The second-order valence-corrected chi connectivity index (χ2v) is 5.22. The minimum absolute atomic E-state index is 0.119. The number of hydrogen-bond donors (Lipinski definition) is 2. The summed E-state index contributed by atoms with van der Waals surface area (Å²) in [5, 5.41) is 3.20. The number of anilines is 1. The number of amides is 1. The van der Waals surface area contributed by atoms with Gasteiger partial charge in [-0.3, -0.25) is 4.79 Å². The lowest BCUT2D eigenvalue weighted by molar-refractivity contribution is -0.117. The van der Waals surface area contributed by atoms with Crippen LogP contribution >= 0.6 is 23.8 Å². The normalized spacial score (nSPS) is 11.9. The first kappa shape index (κ1) is 15.9. The highest BCUT2D eigenvalue weighted by Crippen LogP contribution is 2.23. The molecule has 1 aromatic carbocycles. The van der Waals surface area contributed by atoms with Gasteiger partial charge < -0.3 is 15.8 Å². The number of ether oxygens (including phenoxy) is 1. The third-order valence-corrected chi connectivity index (χ3v) is 3.08. The van der Waals surface area contributed by atoms with Gasteiger partial charge in [0.1, 0.15) is 4.99 Å². The van der Waals surface area contributed by atoms with Crippen molar-refractivity contribution >= 4 is 40.4 Å². The van der Waals surface area contributed by atoms with Gasteiger partial charge in [-0.05, 0) is 18.1 Å². The molecule has 0 aliphatic carbocycles. The fourth-order valence-corrected chi connectivity index (χ4v) is 1.93. The molecule has 1 atom stereocenters. The van der Waals surface area contributed by atoms with Gasteiger partial charge >= 0.3 is 0 Å². The molecule has 0 aliphatic heterocycles. The van der Waals surface area contributed by atoms with Gasteiger partial charge in [-0.15, -0.1) is 0 Å². The van der Waals surface area contributed by atoms with E-state index < -0.39 is 0 Å². The van der Waals surface area contributed by atoms with Crippen molar-refractivity contribution in [2.45, 2.75) is 13.3 Å². The maximum absolute atomic E-state index is 11.8. The molecule has 0 heterocycles. The van der Waals surface area contributed by atoms with E-state index in [0.717, 1.165) is 0 Å². The SMILES string of the molecule is COCC(C)CC(=O)Nc1cc(C(N)=S)ccc1Cl. The highest BCUT2D eigenvalue weighted by atomic mass is 35.5. The van der Waals surface area contributed by atoms with Crippen molar-refractivity contribution < 1.29 is 9.53 Å². The average Bonchev–Trinajstić information content (AvgIpc) is 2.31. The monoisotopic (exact) mass is 300 g/mol. The summed E-state index contributed by atoms with van der Waals surface area (Å²) in [4.78, 5) is 12.1. The van der Waals surface area contributed by atoms with Crippen LogP contribution in [-0.4, -0.2) is 24.6 Å². The number of thiocarbonyl (C=S) groups is 1. The molecule has 1 aromatic rings. The quantitative estimate of drug-likeness (QED) is 0.793. The summed E-state index contributed by atoms with van der Waals surface area (Å²) < 4.78 is 4.99. The van der Waals surface area contributed by atoms with E-state index in [0.29, 0.717) is 29.3 Å². The second-order valence-electron chi connectivity index (χ2n) is 4.37. The van der Waals surface area contributed by atoms with Gasteiger partial charge in [0.2, 0.25) is 5.91 Å². The van der Waals surface area contributed by atoms with E-state index in [1.165, 1.54) is 0 Å². The van der Waals surface area contributed by atoms with Crippen molar-refractivity contribution in [3.8, 4) is 0 Å². The molecule has 0 aliphatic rings. The third-order valence-electron chi connectivity index (χ3n) is 2.51. The zero-order chi connectivity index (χ0) is 14.4. The summed E-state index contributed by atoms with van der Waals surface area (Å²) in [7, 11) is 1.61. The summed E-state index contributed by atoms with van der Waals surface area (Å²) in [5.41, 5.74) is 6.72. The van der Waals surface area contributed by atoms with Crippen LogP contribution in [0.25, 0.3) is 0 Å². The average molecular weight is 301 g/mol. The van der Waals surface area contributed by atoms with E-state index in [9.17, 15) is 4.79 Å². The molecular weight excluding hydrogens is 284 g/mol. The Balaban J connectivity index is 2.73. The topological polar surface area (TPSA) is 64.3 Å². The molecule has 0 saturated carbocycles. The van der Waals surface area contributed by atoms with Crippen LogP contribution < -0.4 is 11.1 Å². The first-order chi connectivity index (χ1) is 8.93. The van der Waals surface area contributed by atoms with Crippen LogP contribution in [0.1, 0.15) is 18.9 Å². The highest BCUT2D eigenvalue weighted by Gasteiger charge is 2.11. The predicted octanol–water partition coefficient (Wildman–Crippen LogP) is 2.59. The van der Waals surface area contributed by atoms with Gasteiger partial charge in [0.05, 0.1) is 10.7 Å². The van der Waals surface area contributed by atoms with Gasteiger partial charge in [-0.2, -0.15) is 0 Å². The Labute approximate surface area is 123 Å². The maximum atomic E-state index is 11.8. The van der Waals surface area contributed by atoms with Crippen molar-refractivity contribution in [3.63, 3.8) is 0 Å².